The maximum Gasteiger partial charge on any atom is 0.302 e. The zero-order valence-electron chi connectivity index (χ0n) is 11.6. The highest BCUT2D eigenvalue weighted by Gasteiger charge is 1.88. The second-order valence-corrected chi connectivity index (χ2v) is 3.75. The quantitative estimate of drug-likeness (QED) is 0.444. The molecule has 110 valence electrons. The van der Waals surface area contributed by atoms with Crippen molar-refractivity contribution >= 4 is 35.1 Å². The summed E-state index contributed by atoms with van der Waals surface area (Å²) < 4.78 is 9.05. The van der Waals surface area contributed by atoms with E-state index in [9.17, 15) is 9.59 Å². The normalized spacial score (nSPS) is 8.11. The number of carbonyl (C=O) groups is 2. The summed E-state index contributed by atoms with van der Waals surface area (Å²) >= 11 is 10.1. The Balaban J connectivity index is -0.000000200. The van der Waals surface area contributed by atoms with Crippen LogP contribution in [0.2, 0.25) is 0 Å². The number of carbonyl (C=O) groups excluding carboxylic acids is 2. The SMILES string of the molecule is CCCCOC(C)=O.CCOC(C)=O.ClCCCl. The predicted molar refractivity (Wildman–Crippen MR) is 75.3 cm³/mol. The third-order valence-electron chi connectivity index (χ3n) is 1.22. The van der Waals surface area contributed by atoms with E-state index in [1.165, 1.54) is 13.8 Å². The van der Waals surface area contributed by atoms with Crippen LogP contribution in [0.3, 0.4) is 0 Å². The molecule has 0 aliphatic rings. The summed E-state index contributed by atoms with van der Waals surface area (Å²) in [5.41, 5.74) is 0. The lowest BCUT2D eigenvalue weighted by molar-refractivity contribution is -0.141. The minimum Gasteiger partial charge on any atom is -0.466 e. The van der Waals surface area contributed by atoms with Crippen LogP contribution in [0.25, 0.3) is 0 Å². The molecule has 0 amide bonds. The molecule has 0 saturated carbocycles. The zero-order chi connectivity index (χ0) is 14.8. The highest BCUT2D eigenvalue weighted by Crippen LogP contribution is 1.86. The fourth-order valence-corrected chi connectivity index (χ4v) is 0.563. The third kappa shape index (κ3) is 45.1. The van der Waals surface area contributed by atoms with Gasteiger partial charge in [-0.05, 0) is 13.3 Å². The Morgan fingerprint density at radius 3 is 1.56 bits per heavy atom. The fraction of sp³-hybridized carbons (Fsp3) is 0.833. The first-order chi connectivity index (χ1) is 8.45. The molecule has 0 aliphatic heterocycles. The Hall–Kier alpha value is -0.480. The Bertz CT molecular complexity index is 185. The van der Waals surface area contributed by atoms with E-state index < -0.39 is 0 Å². The molecule has 0 saturated heterocycles. The van der Waals surface area contributed by atoms with Gasteiger partial charge < -0.3 is 9.47 Å². The number of esters is 2. The molecule has 0 bridgehead atoms. The van der Waals surface area contributed by atoms with Crippen molar-refractivity contribution in [3.63, 3.8) is 0 Å². The smallest absolute Gasteiger partial charge is 0.302 e. The summed E-state index contributed by atoms with van der Waals surface area (Å²) in [5, 5.41) is 0. The van der Waals surface area contributed by atoms with Crippen molar-refractivity contribution in [3.8, 4) is 0 Å². The molecule has 0 aliphatic carbocycles. The van der Waals surface area contributed by atoms with Crippen LogP contribution >= 0.6 is 23.2 Å². The molecule has 0 radical (unpaired) electrons. The van der Waals surface area contributed by atoms with Gasteiger partial charge in [0.25, 0.3) is 0 Å². The molecule has 0 aromatic heterocycles. The molecule has 0 aromatic rings. The second-order valence-electron chi connectivity index (χ2n) is 3.00. The molecule has 0 atom stereocenters. The number of rotatable bonds is 5. The van der Waals surface area contributed by atoms with Gasteiger partial charge in [-0.2, -0.15) is 0 Å². The molecular weight excluding hydrogens is 279 g/mol. The molecule has 0 spiro atoms. The van der Waals surface area contributed by atoms with E-state index in [0.29, 0.717) is 25.0 Å². The van der Waals surface area contributed by atoms with E-state index in [1.54, 1.807) is 6.92 Å². The summed E-state index contributed by atoms with van der Waals surface area (Å²) in [7, 11) is 0. The summed E-state index contributed by atoms with van der Waals surface area (Å²) in [5.74, 6) is 0.722. The van der Waals surface area contributed by atoms with Gasteiger partial charge in [0.1, 0.15) is 0 Å². The molecule has 4 nitrogen and oxygen atoms in total. The topological polar surface area (TPSA) is 52.6 Å². The molecule has 0 fully saturated rings. The van der Waals surface area contributed by atoms with Gasteiger partial charge in [0.05, 0.1) is 13.2 Å². The molecular formula is C12H24Cl2O4. The lowest BCUT2D eigenvalue weighted by atomic mass is 10.4. The summed E-state index contributed by atoms with van der Waals surface area (Å²) in [6, 6.07) is 0. The van der Waals surface area contributed by atoms with Crippen LogP contribution in [-0.2, 0) is 19.1 Å². The maximum atomic E-state index is 10.1. The molecule has 0 rings (SSSR count). The second kappa shape index (κ2) is 21.8. The molecule has 0 heterocycles. The maximum absolute atomic E-state index is 10.1. The first kappa shape index (κ1) is 22.7. The Labute approximate surface area is 120 Å². The van der Waals surface area contributed by atoms with Crippen LogP contribution in [-0.4, -0.2) is 36.9 Å². The van der Waals surface area contributed by atoms with Crippen molar-refractivity contribution in [2.75, 3.05) is 25.0 Å². The zero-order valence-corrected chi connectivity index (χ0v) is 13.1. The van der Waals surface area contributed by atoms with Crippen LogP contribution in [0.4, 0.5) is 0 Å². The van der Waals surface area contributed by atoms with Crippen molar-refractivity contribution in [2.45, 2.75) is 40.5 Å². The highest BCUT2D eigenvalue weighted by atomic mass is 35.5. The van der Waals surface area contributed by atoms with Gasteiger partial charge in [-0.1, -0.05) is 13.3 Å². The Kier molecular flexibility index (Phi) is 27.4. The standard InChI is InChI=1S/C6H12O2.C4H8O2.C2H4Cl2/c1-3-4-5-8-6(2)7;1-3-6-4(2)5;3-1-2-4/h3-5H2,1-2H3;3H2,1-2H3;1-2H2. The first-order valence-corrected chi connectivity index (χ1v) is 6.91. The van der Waals surface area contributed by atoms with Crippen molar-refractivity contribution in [2.24, 2.45) is 0 Å². The minimum atomic E-state index is -0.211. The number of unbranched alkanes of at least 4 members (excludes halogenated alkanes) is 1. The molecule has 6 heteroatoms. The summed E-state index contributed by atoms with van der Waals surface area (Å²) in [4.78, 5) is 19.9. The highest BCUT2D eigenvalue weighted by molar-refractivity contribution is 6.25. The number of alkyl halides is 2. The van der Waals surface area contributed by atoms with Crippen molar-refractivity contribution in [1.82, 2.24) is 0 Å². The fourth-order valence-electron chi connectivity index (χ4n) is 0.563. The van der Waals surface area contributed by atoms with Gasteiger partial charge >= 0.3 is 11.9 Å². The average molecular weight is 303 g/mol. The van der Waals surface area contributed by atoms with Crippen LogP contribution in [0.5, 0.6) is 0 Å². The van der Waals surface area contributed by atoms with Crippen LogP contribution in [0.15, 0.2) is 0 Å². The van der Waals surface area contributed by atoms with E-state index >= 15 is 0 Å². The van der Waals surface area contributed by atoms with Crippen LogP contribution in [0.1, 0.15) is 40.5 Å². The van der Waals surface area contributed by atoms with Gasteiger partial charge in [0.2, 0.25) is 0 Å². The third-order valence-corrected chi connectivity index (χ3v) is 1.79. The van der Waals surface area contributed by atoms with Gasteiger partial charge in [-0.25, -0.2) is 0 Å². The lowest BCUT2D eigenvalue weighted by Gasteiger charge is -1.96. The van der Waals surface area contributed by atoms with Gasteiger partial charge in [-0.3, -0.25) is 9.59 Å². The number of hydrogen-bond donors (Lipinski definition) is 0. The number of hydrogen-bond acceptors (Lipinski definition) is 4. The first-order valence-electron chi connectivity index (χ1n) is 5.84. The monoisotopic (exact) mass is 302 g/mol. The summed E-state index contributed by atoms with van der Waals surface area (Å²) in [6.45, 7) is 7.71. The van der Waals surface area contributed by atoms with Crippen molar-refractivity contribution in [1.29, 1.82) is 0 Å². The van der Waals surface area contributed by atoms with Crippen molar-refractivity contribution < 1.29 is 19.1 Å². The lowest BCUT2D eigenvalue weighted by Crippen LogP contribution is -1.99. The predicted octanol–water partition coefficient (Wildman–Crippen LogP) is 3.38. The van der Waals surface area contributed by atoms with E-state index in [4.69, 9.17) is 23.2 Å². The van der Waals surface area contributed by atoms with E-state index in [1.807, 2.05) is 0 Å². The minimum absolute atomic E-state index is 0.182. The molecule has 18 heavy (non-hydrogen) atoms. The van der Waals surface area contributed by atoms with E-state index in [-0.39, 0.29) is 11.9 Å². The largest absolute Gasteiger partial charge is 0.466 e. The van der Waals surface area contributed by atoms with Gasteiger partial charge in [0.15, 0.2) is 0 Å². The number of ether oxygens (including phenoxy) is 2. The van der Waals surface area contributed by atoms with E-state index in [0.717, 1.165) is 12.8 Å². The van der Waals surface area contributed by atoms with Crippen molar-refractivity contribution in [3.05, 3.63) is 0 Å². The number of halogens is 2. The Morgan fingerprint density at radius 1 is 0.944 bits per heavy atom. The van der Waals surface area contributed by atoms with Crippen LogP contribution < -0.4 is 0 Å². The Morgan fingerprint density at radius 2 is 1.39 bits per heavy atom. The van der Waals surface area contributed by atoms with Gasteiger partial charge in [-0.15, -0.1) is 23.2 Å². The van der Waals surface area contributed by atoms with Crippen LogP contribution in [0, 0.1) is 0 Å². The molecule has 0 N–H and O–H groups in total. The molecule has 0 aromatic carbocycles. The molecule has 0 unspecified atom stereocenters. The average Bonchev–Trinajstić information content (AvgIpc) is 2.30. The van der Waals surface area contributed by atoms with Gasteiger partial charge in [0, 0.05) is 25.6 Å². The van der Waals surface area contributed by atoms with E-state index in [2.05, 4.69) is 16.4 Å². The summed E-state index contributed by atoms with van der Waals surface area (Å²) in [6.07, 6.45) is 2.05.